The molecule has 0 aromatic heterocycles. The molecule has 8 rings (SSSR count). The Labute approximate surface area is 387 Å². The van der Waals surface area contributed by atoms with Crippen LogP contribution in [-0.2, 0) is 29.1 Å². The van der Waals surface area contributed by atoms with Crippen LogP contribution in [0.15, 0.2) is 146 Å². The Morgan fingerprint density at radius 3 is 1.39 bits per heavy atom. The lowest BCUT2D eigenvalue weighted by atomic mass is 9.67. The molecule has 0 saturated heterocycles. The predicted octanol–water partition coefficient (Wildman–Crippen LogP) is 17.5. The van der Waals surface area contributed by atoms with E-state index in [1.807, 2.05) is 0 Å². The molecule has 2 unspecified atom stereocenters. The van der Waals surface area contributed by atoms with Crippen LogP contribution in [0.1, 0.15) is 152 Å². The van der Waals surface area contributed by atoms with Gasteiger partial charge in [-0.25, -0.2) is 0 Å². The molecule has 0 fully saturated rings. The Bertz CT molecular complexity index is 2510. The van der Waals surface area contributed by atoms with Gasteiger partial charge in [0.1, 0.15) is 0 Å². The third-order valence-corrected chi connectivity index (χ3v) is 16.7. The lowest BCUT2D eigenvalue weighted by Crippen LogP contribution is -2.32. The number of fused-ring (bicyclic) bond motifs is 1. The lowest BCUT2D eigenvalue weighted by Gasteiger charge is -2.37. The van der Waals surface area contributed by atoms with Crippen molar-refractivity contribution in [2.24, 2.45) is 5.92 Å². The zero-order valence-electron chi connectivity index (χ0n) is 40.8. The van der Waals surface area contributed by atoms with E-state index >= 15 is 0 Å². The molecule has 0 N–H and O–H groups in total. The molecular weight excluding hydrogens is 773 g/mol. The normalized spacial score (nSPS) is 16.1. The molecular formula is C62H74N2. The Morgan fingerprint density at radius 1 is 0.500 bits per heavy atom. The number of hydrogen-bond donors (Lipinski definition) is 0. The first-order chi connectivity index (χ1) is 30.8. The van der Waals surface area contributed by atoms with Crippen molar-refractivity contribution in [1.82, 2.24) is 0 Å². The van der Waals surface area contributed by atoms with Crippen LogP contribution in [-0.4, -0.2) is 6.04 Å². The predicted molar refractivity (Wildman–Crippen MR) is 278 cm³/mol. The van der Waals surface area contributed by atoms with Gasteiger partial charge in [0.15, 0.2) is 0 Å². The number of anilines is 5. The lowest BCUT2D eigenvalue weighted by molar-refractivity contribution is 0.403. The molecule has 0 spiro atoms. The maximum Gasteiger partial charge on any atom is 0.0464 e. The van der Waals surface area contributed by atoms with Crippen molar-refractivity contribution in [2.45, 2.75) is 149 Å². The van der Waals surface area contributed by atoms with Crippen LogP contribution in [0.3, 0.4) is 0 Å². The Balaban J connectivity index is 1.08. The van der Waals surface area contributed by atoms with Gasteiger partial charge in [-0.3, -0.25) is 0 Å². The van der Waals surface area contributed by atoms with E-state index in [1.165, 1.54) is 91.4 Å². The minimum Gasteiger partial charge on any atom is -0.338 e. The summed E-state index contributed by atoms with van der Waals surface area (Å²) in [4.78, 5) is 5.05. The third-order valence-electron chi connectivity index (χ3n) is 16.7. The fourth-order valence-electron chi connectivity index (χ4n) is 10.5. The summed E-state index contributed by atoms with van der Waals surface area (Å²) in [5.74, 6) is 0.453. The molecule has 332 valence electrons. The average molecular weight is 847 g/mol. The molecule has 2 heteroatoms. The van der Waals surface area contributed by atoms with Crippen LogP contribution in [0.5, 0.6) is 0 Å². The van der Waals surface area contributed by atoms with Gasteiger partial charge in [0, 0.05) is 39.9 Å². The van der Waals surface area contributed by atoms with Crippen LogP contribution in [0.4, 0.5) is 28.4 Å². The first kappa shape index (κ1) is 45.2. The first-order valence-electron chi connectivity index (χ1n) is 24.7. The van der Waals surface area contributed by atoms with Gasteiger partial charge in [0.25, 0.3) is 0 Å². The monoisotopic (exact) mass is 847 g/mol. The Morgan fingerprint density at radius 2 is 0.938 bits per heavy atom. The summed E-state index contributed by atoms with van der Waals surface area (Å²) in [5.41, 5.74) is 19.2. The number of benzene rings is 6. The largest absolute Gasteiger partial charge is 0.338 e. The summed E-state index contributed by atoms with van der Waals surface area (Å²) in [5, 5.41) is 0. The summed E-state index contributed by atoms with van der Waals surface area (Å²) in [6.07, 6.45) is 12.6. The highest BCUT2D eigenvalue weighted by Gasteiger charge is 2.34. The minimum absolute atomic E-state index is 0.0753. The molecule has 64 heavy (non-hydrogen) atoms. The molecule has 2 nitrogen and oxygen atoms in total. The summed E-state index contributed by atoms with van der Waals surface area (Å²) in [7, 11) is 0. The van der Waals surface area contributed by atoms with Crippen molar-refractivity contribution in [3.8, 4) is 0 Å². The van der Waals surface area contributed by atoms with E-state index in [9.17, 15) is 0 Å². The second-order valence-corrected chi connectivity index (χ2v) is 20.3. The Kier molecular flexibility index (Phi) is 13.2. The molecule has 0 heterocycles. The quantitative estimate of drug-likeness (QED) is 0.0957. The van der Waals surface area contributed by atoms with E-state index in [0.717, 1.165) is 44.9 Å². The van der Waals surface area contributed by atoms with Gasteiger partial charge in [-0.1, -0.05) is 153 Å². The third kappa shape index (κ3) is 8.62. The fourth-order valence-corrected chi connectivity index (χ4v) is 10.5. The van der Waals surface area contributed by atoms with Crippen molar-refractivity contribution in [3.05, 3.63) is 190 Å². The fraction of sp³-hybridized carbons (Fsp3) is 0.387. The molecule has 0 radical (unpaired) electrons. The number of allylic oxidation sites excluding steroid dienone is 1. The zero-order chi connectivity index (χ0) is 45.2. The molecule has 6 aromatic rings. The molecule has 0 amide bonds. The number of nitrogens with zero attached hydrogens (tertiary/aromatic N) is 2. The van der Waals surface area contributed by atoms with Gasteiger partial charge in [-0.05, 0) is 187 Å². The molecule has 2 aliphatic rings. The van der Waals surface area contributed by atoms with E-state index in [1.54, 1.807) is 0 Å². The standard InChI is InChI=1S/C62H74N2/c1-11-60(8,12-2)50-26-28-53(29-27-50)62(10,44(5)6)52-24-19-46(20-25-52)47-21-34-55(35-22-47)63(56-37-30-51(31-38-56)61(9,13-3)14-4)57-39-41-58(42-40-57)64(54-32-15-45(7)16-33-54)59-36-23-48-17-18-49(48)43-59/h15-16,19-21,23-33,36-44,55H,11-14,17-18,22,34-35H2,1-10H3. The first-order valence-corrected chi connectivity index (χ1v) is 24.7. The molecule has 0 bridgehead atoms. The SMILES string of the molecule is CCC(C)(CC)c1ccc(N(c2ccc(N(c3ccc(C)cc3)c3ccc4c(c3)CC4)cc2)C2CC=C(c3ccc(C(C)(c4ccc(C(C)(CC)CC)cc4)C(C)C)cc3)CC2)cc1. The van der Waals surface area contributed by atoms with E-state index in [2.05, 4.69) is 225 Å². The van der Waals surface area contributed by atoms with Gasteiger partial charge >= 0.3 is 0 Å². The van der Waals surface area contributed by atoms with Crippen molar-refractivity contribution in [2.75, 3.05) is 9.80 Å². The van der Waals surface area contributed by atoms with E-state index < -0.39 is 0 Å². The molecule has 2 aliphatic carbocycles. The van der Waals surface area contributed by atoms with Crippen molar-refractivity contribution >= 4 is 34.0 Å². The second-order valence-electron chi connectivity index (χ2n) is 20.3. The van der Waals surface area contributed by atoms with Crippen LogP contribution >= 0.6 is 0 Å². The summed E-state index contributed by atoms with van der Waals surface area (Å²) in [6, 6.07) is 54.5. The summed E-state index contributed by atoms with van der Waals surface area (Å²) in [6.45, 7) is 23.4. The van der Waals surface area contributed by atoms with E-state index in [0.29, 0.717) is 12.0 Å². The van der Waals surface area contributed by atoms with Crippen molar-refractivity contribution < 1.29 is 0 Å². The summed E-state index contributed by atoms with van der Waals surface area (Å²) < 4.78 is 0. The highest BCUT2D eigenvalue weighted by Crippen LogP contribution is 2.44. The van der Waals surface area contributed by atoms with Gasteiger partial charge in [0.05, 0.1) is 0 Å². The maximum atomic E-state index is 2.63. The highest BCUT2D eigenvalue weighted by molar-refractivity contribution is 5.79. The van der Waals surface area contributed by atoms with Gasteiger partial charge in [-0.15, -0.1) is 0 Å². The maximum absolute atomic E-state index is 2.63. The van der Waals surface area contributed by atoms with Gasteiger partial charge < -0.3 is 9.80 Å². The topological polar surface area (TPSA) is 6.48 Å². The average Bonchev–Trinajstić information content (AvgIpc) is 3.33. The van der Waals surface area contributed by atoms with Crippen LogP contribution in [0, 0.1) is 12.8 Å². The van der Waals surface area contributed by atoms with E-state index in [4.69, 9.17) is 0 Å². The van der Waals surface area contributed by atoms with Gasteiger partial charge in [-0.2, -0.15) is 0 Å². The Hall–Kier alpha value is -5.34. The zero-order valence-corrected chi connectivity index (χ0v) is 40.8. The van der Waals surface area contributed by atoms with Crippen molar-refractivity contribution in [1.29, 1.82) is 0 Å². The molecule has 0 aliphatic heterocycles. The van der Waals surface area contributed by atoms with Crippen LogP contribution in [0.2, 0.25) is 0 Å². The highest BCUT2D eigenvalue weighted by atomic mass is 15.2. The molecule has 2 atom stereocenters. The molecule has 0 saturated carbocycles. The van der Waals surface area contributed by atoms with Crippen molar-refractivity contribution in [3.63, 3.8) is 0 Å². The number of hydrogen-bond acceptors (Lipinski definition) is 2. The number of rotatable bonds is 16. The minimum atomic E-state index is -0.0753. The van der Waals surface area contributed by atoms with Gasteiger partial charge in [0.2, 0.25) is 0 Å². The summed E-state index contributed by atoms with van der Waals surface area (Å²) >= 11 is 0. The van der Waals surface area contributed by atoms with Crippen LogP contribution < -0.4 is 9.80 Å². The number of aryl methyl sites for hydroxylation is 3. The molecule has 6 aromatic carbocycles. The smallest absolute Gasteiger partial charge is 0.0464 e. The van der Waals surface area contributed by atoms with Crippen LogP contribution in [0.25, 0.3) is 5.57 Å². The van der Waals surface area contributed by atoms with E-state index in [-0.39, 0.29) is 16.2 Å². The second kappa shape index (κ2) is 18.6.